The van der Waals surface area contributed by atoms with Crippen LogP contribution in [0.4, 0.5) is 13.2 Å². The minimum absolute atomic E-state index is 0.000857. The highest BCUT2D eigenvalue weighted by molar-refractivity contribution is 7.89. The second-order valence-electron chi connectivity index (χ2n) is 5.90. The van der Waals surface area contributed by atoms with E-state index in [0.29, 0.717) is 25.7 Å². The largest absolute Gasteiger partial charge is 0.481 e. The Kier molecular flexibility index (Phi) is 5.54. The summed E-state index contributed by atoms with van der Waals surface area (Å²) in [5, 5.41) is 8.92. The molecule has 2 N–H and O–H groups in total. The molecule has 0 spiro atoms. The monoisotopic (exact) mass is 365 g/mol. The number of alkyl halides is 3. The smallest absolute Gasteiger partial charge is 0.417 e. The van der Waals surface area contributed by atoms with E-state index in [2.05, 4.69) is 4.72 Å². The van der Waals surface area contributed by atoms with E-state index in [1.54, 1.807) is 0 Å². The maximum Gasteiger partial charge on any atom is 0.417 e. The highest BCUT2D eigenvalue weighted by Crippen LogP contribution is 2.34. The summed E-state index contributed by atoms with van der Waals surface area (Å²) in [7, 11) is -4.29. The van der Waals surface area contributed by atoms with Crippen LogP contribution in [-0.4, -0.2) is 26.0 Å². The van der Waals surface area contributed by atoms with Gasteiger partial charge in [-0.05, 0) is 43.7 Å². The van der Waals surface area contributed by atoms with Gasteiger partial charge in [0.1, 0.15) is 0 Å². The number of carboxylic acids is 1. The summed E-state index contributed by atoms with van der Waals surface area (Å²) in [4.78, 5) is 10.1. The molecule has 0 atom stereocenters. The van der Waals surface area contributed by atoms with Crippen LogP contribution in [0.25, 0.3) is 0 Å². The van der Waals surface area contributed by atoms with Crippen molar-refractivity contribution in [1.29, 1.82) is 0 Å². The second-order valence-corrected chi connectivity index (χ2v) is 7.64. The first-order valence-electron chi connectivity index (χ1n) is 7.50. The van der Waals surface area contributed by atoms with Crippen molar-refractivity contribution in [3.8, 4) is 0 Å². The van der Waals surface area contributed by atoms with Gasteiger partial charge in [-0.2, -0.15) is 13.2 Å². The summed E-state index contributed by atoms with van der Waals surface area (Å²) in [5.41, 5.74) is -1.20. The number of benzene rings is 1. The van der Waals surface area contributed by atoms with Crippen molar-refractivity contribution in [3.05, 3.63) is 29.8 Å². The molecule has 0 amide bonds. The van der Waals surface area contributed by atoms with Crippen LogP contribution in [-0.2, 0) is 21.0 Å². The lowest BCUT2D eigenvalue weighted by Crippen LogP contribution is -2.33. The molecule has 0 aromatic heterocycles. The molecule has 0 heterocycles. The molecular weight excluding hydrogens is 347 g/mol. The van der Waals surface area contributed by atoms with E-state index in [1.165, 1.54) is 6.07 Å². The van der Waals surface area contributed by atoms with Gasteiger partial charge in [0.2, 0.25) is 10.0 Å². The fourth-order valence-corrected chi connectivity index (χ4v) is 4.20. The van der Waals surface area contributed by atoms with Crippen LogP contribution in [0.1, 0.15) is 31.2 Å². The summed E-state index contributed by atoms with van der Waals surface area (Å²) in [6.45, 7) is 0.000857. The number of rotatable bonds is 5. The van der Waals surface area contributed by atoms with Crippen LogP contribution < -0.4 is 4.72 Å². The minimum Gasteiger partial charge on any atom is -0.481 e. The van der Waals surface area contributed by atoms with Crippen molar-refractivity contribution >= 4 is 16.0 Å². The predicted octanol–water partition coefficient (Wildman–Crippen LogP) is 2.87. The van der Waals surface area contributed by atoms with Gasteiger partial charge in [0.05, 0.1) is 16.4 Å². The first-order valence-corrected chi connectivity index (χ1v) is 8.98. The summed E-state index contributed by atoms with van der Waals surface area (Å²) in [6.07, 6.45) is -2.81. The SMILES string of the molecule is O=C(O)C1CCC(CNS(=O)(=O)c2ccccc2C(F)(F)F)CC1. The molecule has 1 aliphatic rings. The Labute approximate surface area is 137 Å². The van der Waals surface area contributed by atoms with E-state index < -0.39 is 38.5 Å². The maximum atomic E-state index is 12.9. The zero-order chi connectivity index (χ0) is 18.0. The molecule has 134 valence electrons. The number of aliphatic carboxylic acids is 1. The van der Waals surface area contributed by atoms with Crippen molar-refractivity contribution in [2.24, 2.45) is 11.8 Å². The van der Waals surface area contributed by atoms with Gasteiger partial charge >= 0.3 is 12.1 Å². The average molecular weight is 365 g/mol. The lowest BCUT2D eigenvalue weighted by Gasteiger charge is -2.26. The number of hydrogen-bond donors (Lipinski definition) is 2. The molecule has 9 heteroatoms. The molecule has 0 unspecified atom stereocenters. The lowest BCUT2D eigenvalue weighted by molar-refractivity contribution is -0.143. The standard InChI is InChI=1S/C15H18F3NO4S/c16-15(17,18)12-3-1-2-4-13(12)24(22,23)19-9-10-5-7-11(8-6-10)14(20)21/h1-4,10-11,19H,5-9H2,(H,20,21). The molecule has 1 aliphatic carbocycles. The molecule has 5 nitrogen and oxygen atoms in total. The molecule has 0 aliphatic heterocycles. The zero-order valence-corrected chi connectivity index (χ0v) is 13.5. The third-order valence-electron chi connectivity index (χ3n) is 4.24. The number of sulfonamides is 1. The van der Waals surface area contributed by atoms with Gasteiger partial charge in [-0.1, -0.05) is 12.1 Å². The van der Waals surface area contributed by atoms with Crippen LogP contribution in [0.2, 0.25) is 0 Å². The second kappa shape index (κ2) is 7.10. The van der Waals surface area contributed by atoms with Crippen LogP contribution >= 0.6 is 0 Å². The molecule has 0 radical (unpaired) electrons. The number of hydrogen-bond acceptors (Lipinski definition) is 3. The summed E-state index contributed by atoms with van der Waals surface area (Å²) in [5.74, 6) is -1.37. The van der Waals surface area contributed by atoms with E-state index in [4.69, 9.17) is 5.11 Å². The van der Waals surface area contributed by atoms with Crippen LogP contribution in [0.3, 0.4) is 0 Å². The van der Waals surface area contributed by atoms with Crippen molar-refractivity contribution in [1.82, 2.24) is 4.72 Å². The number of nitrogens with one attached hydrogen (secondary N) is 1. The number of halogens is 3. The fourth-order valence-electron chi connectivity index (χ4n) is 2.85. The molecule has 24 heavy (non-hydrogen) atoms. The predicted molar refractivity (Wildman–Crippen MR) is 79.7 cm³/mol. The topological polar surface area (TPSA) is 83.5 Å². The van der Waals surface area contributed by atoms with Crippen molar-refractivity contribution in [3.63, 3.8) is 0 Å². The van der Waals surface area contributed by atoms with Gasteiger partial charge in [0.25, 0.3) is 0 Å². The lowest BCUT2D eigenvalue weighted by atomic mass is 9.82. The summed E-state index contributed by atoms with van der Waals surface area (Å²) < 4.78 is 65.5. The Morgan fingerprint density at radius 3 is 2.29 bits per heavy atom. The first kappa shape index (κ1) is 18.7. The Bertz CT molecular complexity index is 695. The van der Waals surface area contributed by atoms with E-state index in [0.717, 1.165) is 18.2 Å². The Morgan fingerprint density at radius 1 is 1.17 bits per heavy atom. The van der Waals surface area contributed by atoms with E-state index in [9.17, 15) is 26.4 Å². The van der Waals surface area contributed by atoms with Crippen molar-refractivity contribution < 1.29 is 31.5 Å². The third-order valence-corrected chi connectivity index (χ3v) is 5.72. The first-order chi connectivity index (χ1) is 11.1. The number of carbonyl (C=O) groups is 1. The summed E-state index contributed by atoms with van der Waals surface area (Å²) >= 11 is 0. The Hall–Kier alpha value is -1.61. The van der Waals surface area contributed by atoms with Gasteiger partial charge < -0.3 is 5.11 Å². The maximum absolute atomic E-state index is 12.9. The fraction of sp³-hybridized carbons (Fsp3) is 0.533. The van der Waals surface area contributed by atoms with Gasteiger partial charge in [-0.25, -0.2) is 13.1 Å². The average Bonchev–Trinajstić information content (AvgIpc) is 2.52. The molecule has 1 aromatic carbocycles. The molecule has 0 saturated heterocycles. The van der Waals surface area contributed by atoms with Gasteiger partial charge in [-0.3, -0.25) is 4.79 Å². The minimum atomic E-state index is -4.76. The molecule has 1 aromatic rings. The van der Waals surface area contributed by atoms with E-state index in [1.807, 2.05) is 0 Å². The summed E-state index contributed by atoms with van der Waals surface area (Å²) in [6, 6.07) is 4.02. The van der Waals surface area contributed by atoms with Gasteiger partial charge in [0, 0.05) is 6.54 Å². The van der Waals surface area contributed by atoms with Crippen molar-refractivity contribution in [2.75, 3.05) is 6.54 Å². The quantitative estimate of drug-likeness (QED) is 0.840. The normalized spacial score (nSPS) is 22.3. The Morgan fingerprint density at radius 2 is 1.75 bits per heavy atom. The van der Waals surface area contributed by atoms with E-state index >= 15 is 0 Å². The van der Waals surface area contributed by atoms with Crippen LogP contribution in [0.15, 0.2) is 29.2 Å². The van der Waals surface area contributed by atoms with Crippen LogP contribution in [0.5, 0.6) is 0 Å². The van der Waals surface area contributed by atoms with Gasteiger partial charge in [-0.15, -0.1) is 0 Å². The third kappa shape index (κ3) is 4.47. The van der Waals surface area contributed by atoms with Crippen LogP contribution in [0, 0.1) is 11.8 Å². The van der Waals surface area contributed by atoms with Gasteiger partial charge in [0.15, 0.2) is 0 Å². The van der Waals surface area contributed by atoms with E-state index in [-0.39, 0.29) is 12.5 Å². The molecule has 2 rings (SSSR count). The molecule has 0 bridgehead atoms. The zero-order valence-electron chi connectivity index (χ0n) is 12.7. The Balaban J connectivity index is 2.04. The highest BCUT2D eigenvalue weighted by atomic mass is 32.2. The van der Waals surface area contributed by atoms with Crippen molar-refractivity contribution in [2.45, 2.75) is 36.8 Å². The molecule has 1 saturated carbocycles. The molecular formula is C15H18F3NO4S. The molecule has 1 fully saturated rings. The number of carboxylic acid groups (broad SMARTS) is 1. The highest BCUT2D eigenvalue weighted by Gasteiger charge is 2.37.